The fourth-order valence-electron chi connectivity index (χ4n) is 2.24. The molecule has 1 N–H and O–H groups in total. The lowest BCUT2D eigenvalue weighted by atomic mass is 10.1. The fourth-order valence-corrected chi connectivity index (χ4v) is 2.36. The van der Waals surface area contributed by atoms with Crippen molar-refractivity contribution < 1.29 is 5.11 Å². The first-order valence-electron chi connectivity index (χ1n) is 5.80. The number of nitrogens with zero attached hydrogens (tertiary/aromatic N) is 1. The van der Waals surface area contributed by atoms with Gasteiger partial charge >= 0.3 is 0 Å². The molecule has 0 bridgehead atoms. The minimum atomic E-state index is -0.151. The van der Waals surface area contributed by atoms with Crippen LogP contribution in [-0.2, 0) is 6.54 Å². The quantitative estimate of drug-likeness (QED) is 0.858. The highest BCUT2D eigenvalue weighted by atomic mass is 35.5. The van der Waals surface area contributed by atoms with Crippen molar-refractivity contribution in [2.45, 2.75) is 32.4 Å². The molecule has 0 saturated carbocycles. The highest BCUT2D eigenvalue weighted by molar-refractivity contribution is 6.31. The normalized spacial score (nSPS) is 22.3. The number of hydrogen-bond donors (Lipinski definition) is 1. The predicted octanol–water partition coefficient (Wildman–Crippen LogP) is 2.61. The monoisotopic (exact) mass is 239 g/mol. The Hall–Kier alpha value is -0.570. The first-order valence-corrected chi connectivity index (χ1v) is 6.18. The molecule has 1 heterocycles. The SMILES string of the molecule is Cc1cc(CN2CCC[C@@H](O)C2)ccc1Cl. The van der Waals surface area contributed by atoms with E-state index in [1.165, 1.54) is 5.56 Å². The number of aryl methyl sites for hydroxylation is 1. The van der Waals surface area contributed by atoms with E-state index in [1.54, 1.807) is 0 Å². The number of aliphatic hydroxyl groups excluding tert-OH is 1. The highest BCUT2D eigenvalue weighted by Gasteiger charge is 2.17. The van der Waals surface area contributed by atoms with E-state index < -0.39 is 0 Å². The zero-order chi connectivity index (χ0) is 11.5. The Morgan fingerprint density at radius 3 is 3.00 bits per heavy atom. The maximum atomic E-state index is 9.59. The van der Waals surface area contributed by atoms with E-state index in [1.807, 2.05) is 13.0 Å². The number of likely N-dealkylation sites (tertiary alicyclic amines) is 1. The highest BCUT2D eigenvalue weighted by Crippen LogP contribution is 2.19. The Labute approximate surface area is 102 Å². The van der Waals surface area contributed by atoms with E-state index in [2.05, 4.69) is 17.0 Å². The Bertz CT molecular complexity index is 367. The van der Waals surface area contributed by atoms with Crippen molar-refractivity contribution in [1.82, 2.24) is 4.90 Å². The number of hydrogen-bond acceptors (Lipinski definition) is 2. The van der Waals surface area contributed by atoms with Crippen LogP contribution in [0, 0.1) is 6.92 Å². The van der Waals surface area contributed by atoms with Gasteiger partial charge in [-0.2, -0.15) is 0 Å². The third-order valence-corrected chi connectivity index (χ3v) is 3.53. The standard InChI is InChI=1S/C13H18ClNO/c1-10-7-11(4-5-13(10)14)8-15-6-2-3-12(16)9-15/h4-5,7,12,16H,2-3,6,8-9H2,1H3/t12-/m1/s1. The number of aliphatic hydroxyl groups is 1. The lowest BCUT2D eigenvalue weighted by Crippen LogP contribution is -2.37. The van der Waals surface area contributed by atoms with E-state index in [0.717, 1.165) is 43.1 Å². The minimum absolute atomic E-state index is 0.151. The molecule has 1 fully saturated rings. The van der Waals surface area contributed by atoms with Crippen LogP contribution in [0.4, 0.5) is 0 Å². The number of benzene rings is 1. The summed E-state index contributed by atoms with van der Waals surface area (Å²) < 4.78 is 0. The Morgan fingerprint density at radius 1 is 1.50 bits per heavy atom. The maximum Gasteiger partial charge on any atom is 0.0667 e. The zero-order valence-corrected chi connectivity index (χ0v) is 10.4. The van der Waals surface area contributed by atoms with Gasteiger partial charge in [0.05, 0.1) is 6.10 Å². The van der Waals surface area contributed by atoms with Crippen LogP contribution in [0.25, 0.3) is 0 Å². The first kappa shape index (κ1) is 11.9. The molecule has 1 aromatic rings. The predicted molar refractivity (Wildman–Crippen MR) is 66.7 cm³/mol. The second-order valence-electron chi connectivity index (χ2n) is 4.61. The molecule has 1 atom stereocenters. The molecule has 0 aromatic heterocycles. The Kier molecular flexibility index (Phi) is 3.85. The first-order chi connectivity index (χ1) is 7.65. The smallest absolute Gasteiger partial charge is 0.0667 e. The van der Waals surface area contributed by atoms with E-state index in [-0.39, 0.29) is 6.10 Å². The number of β-amino-alcohol motifs (C(OH)–C–C–N with tert-alkyl or cyclic N) is 1. The van der Waals surface area contributed by atoms with Crippen LogP contribution in [0.3, 0.4) is 0 Å². The molecule has 88 valence electrons. The summed E-state index contributed by atoms with van der Waals surface area (Å²) in [6.45, 7) is 4.81. The molecule has 1 saturated heterocycles. The molecule has 2 nitrogen and oxygen atoms in total. The molecule has 1 aromatic carbocycles. The summed E-state index contributed by atoms with van der Waals surface area (Å²) in [5, 5.41) is 10.4. The summed E-state index contributed by atoms with van der Waals surface area (Å²) in [7, 11) is 0. The molecule has 0 unspecified atom stereocenters. The van der Waals surface area contributed by atoms with E-state index in [4.69, 9.17) is 11.6 Å². The molecule has 1 aliphatic rings. The fraction of sp³-hybridized carbons (Fsp3) is 0.538. The van der Waals surface area contributed by atoms with E-state index >= 15 is 0 Å². The van der Waals surface area contributed by atoms with Gasteiger partial charge in [0.15, 0.2) is 0 Å². The van der Waals surface area contributed by atoms with Crippen molar-refractivity contribution in [3.05, 3.63) is 34.3 Å². The van der Waals surface area contributed by atoms with Crippen molar-refractivity contribution in [2.24, 2.45) is 0 Å². The van der Waals surface area contributed by atoms with E-state index in [0.29, 0.717) is 0 Å². The largest absolute Gasteiger partial charge is 0.392 e. The number of piperidine rings is 1. The topological polar surface area (TPSA) is 23.5 Å². The van der Waals surface area contributed by atoms with Gasteiger partial charge in [-0.05, 0) is 43.5 Å². The van der Waals surface area contributed by atoms with Gasteiger partial charge in [-0.3, -0.25) is 4.90 Å². The minimum Gasteiger partial charge on any atom is -0.392 e. The molecule has 0 aliphatic carbocycles. The molecule has 0 radical (unpaired) electrons. The van der Waals surface area contributed by atoms with Crippen molar-refractivity contribution in [1.29, 1.82) is 0 Å². The molecule has 0 spiro atoms. The summed E-state index contributed by atoms with van der Waals surface area (Å²) in [6, 6.07) is 6.15. The molecular formula is C13H18ClNO. The second-order valence-corrected chi connectivity index (χ2v) is 5.02. The van der Waals surface area contributed by atoms with Crippen LogP contribution < -0.4 is 0 Å². The maximum absolute atomic E-state index is 9.59. The van der Waals surface area contributed by atoms with Gasteiger partial charge < -0.3 is 5.11 Å². The molecule has 2 rings (SSSR count). The van der Waals surface area contributed by atoms with Gasteiger partial charge in [0.25, 0.3) is 0 Å². The molecule has 0 amide bonds. The zero-order valence-electron chi connectivity index (χ0n) is 9.62. The van der Waals surface area contributed by atoms with Gasteiger partial charge in [-0.25, -0.2) is 0 Å². The lowest BCUT2D eigenvalue weighted by Gasteiger charge is -2.30. The Balaban J connectivity index is 2.00. The van der Waals surface area contributed by atoms with Gasteiger partial charge in [-0.1, -0.05) is 23.7 Å². The van der Waals surface area contributed by atoms with Crippen LogP contribution in [-0.4, -0.2) is 29.2 Å². The second kappa shape index (κ2) is 5.17. The summed E-state index contributed by atoms with van der Waals surface area (Å²) >= 11 is 5.99. The molecular weight excluding hydrogens is 222 g/mol. The van der Waals surface area contributed by atoms with Crippen molar-refractivity contribution >= 4 is 11.6 Å². The van der Waals surface area contributed by atoms with Gasteiger partial charge in [0.2, 0.25) is 0 Å². The summed E-state index contributed by atoms with van der Waals surface area (Å²) in [5.41, 5.74) is 2.40. The third-order valence-electron chi connectivity index (χ3n) is 3.11. The van der Waals surface area contributed by atoms with Crippen LogP contribution in [0.2, 0.25) is 5.02 Å². The summed E-state index contributed by atoms with van der Waals surface area (Å²) in [5.74, 6) is 0. The van der Waals surface area contributed by atoms with Gasteiger partial charge in [-0.15, -0.1) is 0 Å². The van der Waals surface area contributed by atoms with Crippen molar-refractivity contribution in [3.63, 3.8) is 0 Å². The number of halogens is 1. The van der Waals surface area contributed by atoms with Crippen molar-refractivity contribution in [2.75, 3.05) is 13.1 Å². The third kappa shape index (κ3) is 2.97. The van der Waals surface area contributed by atoms with Gasteiger partial charge in [0, 0.05) is 18.1 Å². The Morgan fingerprint density at radius 2 is 2.31 bits per heavy atom. The summed E-state index contributed by atoms with van der Waals surface area (Å²) in [6.07, 6.45) is 1.88. The van der Waals surface area contributed by atoms with Gasteiger partial charge in [0.1, 0.15) is 0 Å². The van der Waals surface area contributed by atoms with Crippen LogP contribution >= 0.6 is 11.6 Å². The average Bonchev–Trinajstić information content (AvgIpc) is 2.24. The molecule has 16 heavy (non-hydrogen) atoms. The van der Waals surface area contributed by atoms with E-state index in [9.17, 15) is 5.11 Å². The van der Waals surface area contributed by atoms with Crippen LogP contribution in [0.1, 0.15) is 24.0 Å². The van der Waals surface area contributed by atoms with Crippen LogP contribution in [0.5, 0.6) is 0 Å². The average molecular weight is 240 g/mol. The van der Waals surface area contributed by atoms with Crippen molar-refractivity contribution in [3.8, 4) is 0 Å². The number of rotatable bonds is 2. The lowest BCUT2D eigenvalue weighted by molar-refractivity contribution is 0.0668. The van der Waals surface area contributed by atoms with Crippen LogP contribution in [0.15, 0.2) is 18.2 Å². The molecule has 1 aliphatic heterocycles. The molecule has 3 heteroatoms. The summed E-state index contributed by atoms with van der Waals surface area (Å²) in [4.78, 5) is 2.30.